The standard InChI is InChI=1S/C10H15N3O4S/c1-10(2-3-17-6-10)13-9(14)8-4-7(5-12-8)18(11,15)16/h4-5,12H,2-3,6H2,1H3,(H,13,14)(H2,11,15,16). The van der Waals surface area contributed by atoms with Crippen LogP contribution < -0.4 is 10.5 Å². The Morgan fingerprint density at radius 1 is 1.61 bits per heavy atom. The second-order valence-corrected chi connectivity index (χ2v) is 6.17. The van der Waals surface area contributed by atoms with Crippen LogP contribution in [0.15, 0.2) is 17.2 Å². The topological polar surface area (TPSA) is 114 Å². The highest BCUT2D eigenvalue weighted by molar-refractivity contribution is 7.89. The van der Waals surface area contributed by atoms with Crippen molar-refractivity contribution < 1.29 is 17.9 Å². The van der Waals surface area contributed by atoms with Crippen molar-refractivity contribution >= 4 is 15.9 Å². The number of H-pyrrole nitrogens is 1. The summed E-state index contributed by atoms with van der Waals surface area (Å²) in [5, 5.41) is 7.77. The molecule has 4 N–H and O–H groups in total. The molecule has 1 aliphatic heterocycles. The minimum atomic E-state index is -3.79. The molecule has 1 atom stereocenters. The van der Waals surface area contributed by atoms with Crippen molar-refractivity contribution in [2.45, 2.75) is 23.8 Å². The van der Waals surface area contributed by atoms with Gasteiger partial charge in [-0.15, -0.1) is 0 Å². The van der Waals surface area contributed by atoms with Crippen LogP contribution in [0.4, 0.5) is 0 Å². The van der Waals surface area contributed by atoms with Crippen LogP contribution in [0.2, 0.25) is 0 Å². The molecule has 1 fully saturated rings. The number of hydrogen-bond donors (Lipinski definition) is 3. The molecule has 1 saturated heterocycles. The zero-order chi connectivity index (χ0) is 13.4. The number of sulfonamides is 1. The number of ether oxygens (including phenoxy) is 1. The molecule has 0 aliphatic carbocycles. The Labute approximate surface area is 105 Å². The van der Waals surface area contributed by atoms with Crippen molar-refractivity contribution in [1.29, 1.82) is 0 Å². The molecular weight excluding hydrogens is 258 g/mol. The lowest BCUT2D eigenvalue weighted by Crippen LogP contribution is -2.46. The molecule has 8 heteroatoms. The largest absolute Gasteiger partial charge is 0.379 e. The van der Waals surface area contributed by atoms with E-state index in [2.05, 4.69) is 10.3 Å². The summed E-state index contributed by atoms with van der Waals surface area (Å²) in [6.07, 6.45) is 1.92. The van der Waals surface area contributed by atoms with E-state index in [0.29, 0.717) is 13.2 Å². The third-order valence-electron chi connectivity index (χ3n) is 2.86. The summed E-state index contributed by atoms with van der Waals surface area (Å²) in [5.74, 6) is -0.377. The van der Waals surface area contributed by atoms with Gasteiger partial charge in [0, 0.05) is 12.8 Å². The van der Waals surface area contributed by atoms with Gasteiger partial charge in [0.05, 0.1) is 17.0 Å². The van der Waals surface area contributed by atoms with Gasteiger partial charge in [-0.25, -0.2) is 13.6 Å². The first-order valence-corrected chi connectivity index (χ1v) is 6.96. The molecule has 2 heterocycles. The first-order valence-electron chi connectivity index (χ1n) is 5.42. The number of aromatic amines is 1. The zero-order valence-electron chi connectivity index (χ0n) is 9.89. The average molecular weight is 273 g/mol. The highest BCUT2D eigenvalue weighted by Crippen LogP contribution is 2.18. The van der Waals surface area contributed by atoms with Gasteiger partial charge >= 0.3 is 0 Å². The van der Waals surface area contributed by atoms with Crippen LogP contribution in [0.3, 0.4) is 0 Å². The van der Waals surface area contributed by atoms with Crippen LogP contribution in [0.1, 0.15) is 23.8 Å². The second-order valence-electron chi connectivity index (χ2n) is 4.61. The highest BCUT2D eigenvalue weighted by atomic mass is 32.2. The Kier molecular flexibility index (Phi) is 3.18. The molecule has 7 nitrogen and oxygen atoms in total. The summed E-state index contributed by atoms with van der Waals surface area (Å²) in [5.41, 5.74) is -0.253. The van der Waals surface area contributed by atoms with E-state index < -0.39 is 15.6 Å². The number of carbonyl (C=O) groups excluding carboxylic acids is 1. The number of aromatic nitrogens is 1. The van der Waals surface area contributed by atoms with Crippen molar-refractivity contribution in [3.05, 3.63) is 18.0 Å². The lowest BCUT2D eigenvalue weighted by molar-refractivity contribution is 0.0885. The van der Waals surface area contributed by atoms with Gasteiger partial charge in [-0.2, -0.15) is 0 Å². The Bertz CT molecular complexity index is 557. The van der Waals surface area contributed by atoms with Crippen molar-refractivity contribution in [1.82, 2.24) is 10.3 Å². The van der Waals surface area contributed by atoms with Gasteiger partial charge in [0.15, 0.2) is 0 Å². The summed E-state index contributed by atoms with van der Waals surface area (Å²) < 4.78 is 27.4. The Hall–Kier alpha value is -1.38. The Balaban J connectivity index is 2.12. The fraction of sp³-hybridized carbons (Fsp3) is 0.500. The molecule has 0 aromatic carbocycles. The number of primary sulfonamides is 1. The van der Waals surface area contributed by atoms with E-state index in [0.717, 1.165) is 6.42 Å². The number of carbonyl (C=O) groups is 1. The van der Waals surface area contributed by atoms with E-state index in [1.54, 1.807) is 0 Å². The normalized spacial score (nSPS) is 24.1. The second kappa shape index (κ2) is 4.38. The molecule has 0 radical (unpaired) electrons. The molecule has 18 heavy (non-hydrogen) atoms. The SMILES string of the molecule is CC1(NC(=O)c2cc(S(N)(=O)=O)c[nH]2)CCOC1. The number of hydrogen-bond acceptors (Lipinski definition) is 4. The molecule has 0 bridgehead atoms. The van der Waals surface area contributed by atoms with E-state index in [-0.39, 0.29) is 16.5 Å². The maximum Gasteiger partial charge on any atom is 0.268 e. The Morgan fingerprint density at radius 2 is 2.33 bits per heavy atom. The van der Waals surface area contributed by atoms with Crippen molar-refractivity contribution in [3.63, 3.8) is 0 Å². The van der Waals surface area contributed by atoms with Crippen LogP contribution in [0.5, 0.6) is 0 Å². The highest BCUT2D eigenvalue weighted by Gasteiger charge is 2.32. The van der Waals surface area contributed by atoms with Crippen LogP contribution in [0, 0.1) is 0 Å². The van der Waals surface area contributed by atoms with Crippen LogP contribution >= 0.6 is 0 Å². The first kappa shape index (κ1) is 13.1. The van der Waals surface area contributed by atoms with Gasteiger partial charge in [-0.1, -0.05) is 0 Å². The third kappa shape index (κ3) is 2.71. The van der Waals surface area contributed by atoms with Gasteiger partial charge in [-0.05, 0) is 19.4 Å². The number of amides is 1. The molecule has 100 valence electrons. The third-order valence-corrected chi connectivity index (χ3v) is 3.76. The minimum absolute atomic E-state index is 0.111. The summed E-state index contributed by atoms with van der Waals surface area (Å²) in [4.78, 5) is 14.4. The first-order chi connectivity index (χ1) is 8.30. The van der Waals surface area contributed by atoms with E-state index in [4.69, 9.17) is 9.88 Å². The van der Waals surface area contributed by atoms with Gasteiger partial charge < -0.3 is 15.0 Å². The molecule has 0 spiro atoms. The predicted molar refractivity (Wildman–Crippen MR) is 63.5 cm³/mol. The quantitative estimate of drug-likeness (QED) is 0.693. The van der Waals surface area contributed by atoms with Crippen molar-refractivity contribution in [2.75, 3.05) is 13.2 Å². The van der Waals surface area contributed by atoms with Gasteiger partial charge in [0.2, 0.25) is 10.0 Å². The van der Waals surface area contributed by atoms with Crippen molar-refractivity contribution in [3.8, 4) is 0 Å². The van der Waals surface area contributed by atoms with E-state index in [9.17, 15) is 13.2 Å². The summed E-state index contributed by atoms with van der Waals surface area (Å²) in [6.45, 7) is 2.92. The van der Waals surface area contributed by atoms with Crippen LogP contribution in [-0.4, -0.2) is 38.1 Å². The fourth-order valence-corrected chi connectivity index (χ4v) is 2.28. The number of rotatable bonds is 3. The van der Waals surface area contributed by atoms with Crippen molar-refractivity contribution in [2.24, 2.45) is 5.14 Å². The lowest BCUT2D eigenvalue weighted by atomic mass is 10.0. The summed E-state index contributed by atoms with van der Waals surface area (Å²) in [7, 11) is -3.79. The molecule has 1 aliphatic rings. The lowest BCUT2D eigenvalue weighted by Gasteiger charge is -2.22. The van der Waals surface area contributed by atoms with Crippen LogP contribution in [0.25, 0.3) is 0 Å². The molecule has 1 aromatic rings. The van der Waals surface area contributed by atoms with Crippen LogP contribution in [-0.2, 0) is 14.8 Å². The number of nitrogens with one attached hydrogen (secondary N) is 2. The number of nitrogens with two attached hydrogens (primary N) is 1. The molecular formula is C10H15N3O4S. The van der Waals surface area contributed by atoms with Gasteiger partial charge in [0.25, 0.3) is 5.91 Å². The minimum Gasteiger partial charge on any atom is -0.379 e. The maximum atomic E-state index is 11.9. The monoisotopic (exact) mass is 273 g/mol. The van der Waals surface area contributed by atoms with E-state index >= 15 is 0 Å². The van der Waals surface area contributed by atoms with Gasteiger partial charge in [-0.3, -0.25) is 4.79 Å². The smallest absolute Gasteiger partial charge is 0.268 e. The maximum absolute atomic E-state index is 11.9. The molecule has 2 rings (SSSR count). The average Bonchev–Trinajstić information content (AvgIpc) is 2.84. The fourth-order valence-electron chi connectivity index (χ4n) is 1.78. The molecule has 1 aromatic heterocycles. The molecule has 0 saturated carbocycles. The predicted octanol–water partition coefficient (Wildman–Crippen LogP) is -0.429. The van der Waals surface area contributed by atoms with E-state index in [1.165, 1.54) is 12.3 Å². The Morgan fingerprint density at radius 3 is 2.83 bits per heavy atom. The van der Waals surface area contributed by atoms with E-state index in [1.807, 2.05) is 6.92 Å². The molecule has 1 amide bonds. The summed E-state index contributed by atoms with van der Waals surface area (Å²) in [6, 6.07) is 1.21. The van der Waals surface area contributed by atoms with Gasteiger partial charge in [0.1, 0.15) is 5.69 Å². The zero-order valence-corrected chi connectivity index (χ0v) is 10.7. The summed E-state index contributed by atoms with van der Waals surface area (Å²) >= 11 is 0. The molecule has 1 unspecified atom stereocenters.